The van der Waals surface area contributed by atoms with Gasteiger partial charge < -0.3 is 25.0 Å². The molecule has 0 aliphatic heterocycles. The fourth-order valence-corrected chi connectivity index (χ4v) is 3.88. The van der Waals surface area contributed by atoms with Crippen LogP contribution in [0.2, 0.25) is 0 Å². The van der Waals surface area contributed by atoms with Crippen molar-refractivity contribution in [1.29, 1.82) is 0 Å². The van der Waals surface area contributed by atoms with Crippen LogP contribution in [0.25, 0.3) is 0 Å². The molecule has 0 spiro atoms. The molecule has 1 aliphatic rings. The third-order valence-corrected chi connectivity index (χ3v) is 5.52. The molecule has 3 rings (SSSR count). The molecule has 6 nitrogen and oxygen atoms in total. The number of ether oxygens (including phenoxy) is 2. The van der Waals surface area contributed by atoms with Crippen LogP contribution < -0.4 is 20.1 Å². The van der Waals surface area contributed by atoms with E-state index in [1.807, 2.05) is 12.1 Å². The lowest BCUT2D eigenvalue weighted by molar-refractivity contribution is 0.198. The van der Waals surface area contributed by atoms with Gasteiger partial charge in [-0.25, -0.2) is 0 Å². The van der Waals surface area contributed by atoms with E-state index >= 15 is 0 Å². The molecule has 7 heteroatoms. The molecule has 0 radical (unpaired) electrons. The number of para-hydroxylation sites is 1. The lowest BCUT2D eigenvalue weighted by atomic mass is 10.1. The summed E-state index contributed by atoms with van der Waals surface area (Å²) < 4.78 is 11.9. The van der Waals surface area contributed by atoms with Gasteiger partial charge >= 0.3 is 0 Å². The van der Waals surface area contributed by atoms with Crippen molar-refractivity contribution in [3.63, 3.8) is 0 Å². The Hall–Kier alpha value is -2.00. The van der Waals surface area contributed by atoms with Crippen molar-refractivity contribution in [3.8, 4) is 11.5 Å². The van der Waals surface area contributed by atoms with Crippen molar-refractivity contribution in [2.24, 2.45) is 4.99 Å². The molecular weight excluding hydrogens is 515 g/mol. The summed E-state index contributed by atoms with van der Waals surface area (Å²) >= 11 is 0. The predicted octanol–water partition coefficient (Wildman–Crippen LogP) is 4.56. The van der Waals surface area contributed by atoms with Crippen molar-refractivity contribution in [1.82, 2.24) is 15.5 Å². The number of rotatable bonds is 9. The Morgan fingerprint density at radius 1 is 1.00 bits per heavy atom. The van der Waals surface area contributed by atoms with Crippen LogP contribution in [0, 0.1) is 0 Å². The van der Waals surface area contributed by atoms with Crippen LogP contribution in [-0.2, 0) is 19.6 Å². The second-order valence-electron chi connectivity index (χ2n) is 8.31. The average Bonchev–Trinajstić information content (AvgIpc) is 3.28. The van der Waals surface area contributed by atoms with Crippen molar-refractivity contribution in [2.45, 2.75) is 51.4 Å². The van der Waals surface area contributed by atoms with Gasteiger partial charge in [0, 0.05) is 32.2 Å². The Morgan fingerprint density at radius 2 is 1.66 bits per heavy atom. The molecule has 32 heavy (non-hydrogen) atoms. The SMILES string of the molecule is CN=C(NCc1ccc(CN(C)C)cc1)NCc1cccc(OC)c1OC1CCCC1.I. The molecule has 2 aromatic carbocycles. The van der Waals surface area contributed by atoms with Gasteiger partial charge in [0.1, 0.15) is 0 Å². The smallest absolute Gasteiger partial charge is 0.191 e. The number of hydrogen-bond acceptors (Lipinski definition) is 4. The zero-order valence-corrected chi connectivity index (χ0v) is 22.0. The Labute approximate surface area is 209 Å². The maximum Gasteiger partial charge on any atom is 0.191 e. The second-order valence-corrected chi connectivity index (χ2v) is 8.31. The van der Waals surface area contributed by atoms with Crippen LogP contribution >= 0.6 is 24.0 Å². The quantitative estimate of drug-likeness (QED) is 0.272. The van der Waals surface area contributed by atoms with Gasteiger partial charge in [0.05, 0.1) is 13.2 Å². The highest BCUT2D eigenvalue weighted by Crippen LogP contribution is 2.34. The minimum Gasteiger partial charge on any atom is -0.493 e. The van der Waals surface area contributed by atoms with Gasteiger partial charge in [-0.3, -0.25) is 4.99 Å². The van der Waals surface area contributed by atoms with Crippen molar-refractivity contribution in [2.75, 3.05) is 28.3 Å². The predicted molar refractivity (Wildman–Crippen MR) is 142 cm³/mol. The summed E-state index contributed by atoms with van der Waals surface area (Å²) in [5.74, 6) is 2.38. The van der Waals surface area contributed by atoms with Crippen molar-refractivity contribution in [3.05, 3.63) is 59.2 Å². The highest BCUT2D eigenvalue weighted by atomic mass is 127. The summed E-state index contributed by atoms with van der Waals surface area (Å²) in [5.41, 5.74) is 3.60. The molecule has 1 saturated carbocycles. The largest absolute Gasteiger partial charge is 0.493 e. The van der Waals surface area contributed by atoms with Gasteiger partial charge in [-0.1, -0.05) is 36.4 Å². The number of guanidine groups is 1. The standard InChI is InChI=1S/C25H36N4O2.HI/c1-26-25(27-16-19-12-14-20(15-13-19)18-29(2)3)28-17-21-8-7-11-23(30-4)24(21)31-22-9-5-6-10-22;/h7-8,11-15,22H,5-6,9-10,16-18H2,1-4H3,(H2,26,27,28);1H. The number of halogens is 1. The van der Waals surface area contributed by atoms with Gasteiger partial charge in [-0.2, -0.15) is 0 Å². The van der Waals surface area contributed by atoms with Crippen LogP contribution in [0.1, 0.15) is 42.4 Å². The van der Waals surface area contributed by atoms with E-state index in [2.05, 4.69) is 65.0 Å². The highest BCUT2D eigenvalue weighted by Gasteiger charge is 2.20. The monoisotopic (exact) mass is 552 g/mol. The minimum absolute atomic E-state index is 0. The van der Waals surface area contributed by atoms with Crippen molar-refractivity contribution >= 4 is 29.9 Å². The maximum absolute atomic E-state index is 6.33. The van der Waals surface area contributed by atoms with Gasteiger partial charge in [0.2, 0.25) is 0 Å². The molecular formula is C25H37IN4O2. The van der Waals surface area contributed by atoms with E-state index in [9.17, 15) is 0 Å². The molecule has 0 atom stereocenters. The fourth-order valence-electron chi connectivity index (χ4n) is 3.88. The van der Waals surface area contributed by atoms with Crippen molar-refractivity contribution < 1.29 is 9.47 Å². The molecule has 0 unspecified atom stereocenters. The molecule has 2 N–H and O–H groups in total. The first-order valence-corrected chi connectivity index (χ1v) is 11.1. The number of aliphatic imine (C=N–C) groups is 1. The summed E-state index contributed by atoms with van der Waals surface area (Å²) in [6.45, 7) is 2.27. The first kappa shape index (κ1) is 26.3. The van der Waals surface area contributed by atoms with Crippen LogP contribution in [0.4, 0.5) is 0 Å². The summed E-state index contributed by atoms with van der Waals surface area (Å²) in [5, 5.41) is 6.80. The van der Waals surface area contributed by atoms with E-state index in [0.29, 0.717) is 13.1 Å². The van der Waals surface area contributed by atoms with E-state index in [0.717, 1.165) is 42.4 Å². The summed E-state index contributed by atoms with van der Waals surface area (Å²) in [4.78, 5) is 6.54. The van der Waals surface area contributed by atoms with Gasteiger partial charge in [0.25, 0.3) is 0 Å². The van der Waals surface area contributed by atoms with Gasteiger partial charge in [-0.15, -0.1) is 24.0 Å². The van der Waals surface area contributed by atoms with Crippen LogP contribution in [0.3, 0.4) is 0 Å². The number of nitrogens with one attached hydrogen (secondary N) is 2. The Bertz CT molecular complexity index is 850. The number of nitrogens with zero attached hydrogens (tertiary/aromatic N) is 2. The van der Waals surface area contributed by atoms with Crippen LogP contribution in [0.5, 0.6) is 11.5 Å². The number of methoxy groups -OCH3 is 1. The second kappa shape index (κ2) is 13.5. The molecule has 0 bridgehead atoms. The van der Waals surface area contributed by atoms with E-state index in [4.69, 9.17) is 9.47 Å². The molecule has 0 heterocycles. The summed E-state index contributed by atoms with van der Waals surface area (Å²) in [6.07, 6.45) is 4.98. The van der Waals surface area contributed by atoms with E-state index in [1.165, 1.54) is 24.0 Å². The fraction of sp³-hybridized carbons (Fsp3) is 0.480. The van der Waals surface area contributed by atoms with Crippen LogP contribution in [0.15, 0.2) is 47.5 Å². The summed E-state index contributed by atoms with van der Waals surface area (Å²) in [6, 6.07) is 14.7. The topological polar surface area (TPSA) is 58.1 Å². The minimum atomic E-state index is 0. The lowest BCUT2D eigenvalue weighted by Gasteiger charge is -2.20. The Balaban J connectivity index is 0.00000363. The van der Waals surface area contributed by atoms with Crippen LogP contribution in [-0.4, -0.2) is 45.2 Å². The molecule has 0 saturated heterocycles. The highest BCUT2D eigenvalue weighted by molar-refractivity contribution is 14.0. The first-order valence-electron chi connectivity index (χ1n) is 11.1. The van der Waals surface area contributed by atoms with E-state index in [-0.39, 0.29) is 30.1 Å². The molecule has 176 valence electrons. The molecule has 1 fully saturated rings. The molecule has 1 aliphatic carbocycles. The van der Waals surface area contributed by atoms with Gasteiger partial charge in [-0.05, 0) is 57.0 Å². The van der Waals surface area contributed by atoms with E-state index < -0.39 is 0 Å². The first-order chi connectivity index (χ1) is 15.1. The Morgan fingerprint density at radius 3 is 2.28 bits per heavy atom. The zero-order chi connectivity index (χ0) is 22.1. The van der Waals surface area contributed by atoms with E-state index in [1.54, 1.807) is 14.2 Å². The third-order valence-electron chi connectivity index (χ3n) is 5.52. The maximum atomic E-state index is 6.33. The average molecular weight is 553 g/mol. The zero-order valence-electron chi connectivity index (χ0n) is 19.7. The third kappa shape index (κ3) is 7.85. The number of hydrogen-bond donors (Lipinski definition) is 2. The lowest BCUT2D eigenvalue weighted by Crippen LogP contribution is -2.36. The molecule has 2 aromatic rings. The van der Waals surface area contributed by atoms with Gasteiger partial charge in [0.15, 0.2) is 17.5 Å². The Kier molecular flexibility index (Phi) is 11.1. The summed E-state index contributed by atoms with van der Waals surface area (Å²) in [7, 11) is 7.64. The number of benzene rings is 2. The molecule has 0 aromatic heterocycles. The molecule has 0 amide bonds. The normalized spacial score (nSPS) is 14.2.